The number of amides is 1. The van der Waals surface area contributed by atoms with E-state index in [1.165, 1.54) is 0 Å². The van der Waals surface area contributed by atoms with Crippen molar-refractivity contribution < 1.29 is 4.79 Å². The number of nitrogens with one attached hydrogen (secondary N) is 2. The zero-order valence-corrected chi connectivity index (χ0v) is 14.2. The van der Waals surface area contributed by atoms with Gasteiger partial charge < -0.3 is 9.88 Å². The Bertz CT molecular complexity index is 708. The molecule has 0 aliphatic heterocycles. The molecule has 1 amide bonds. The van der Waals surface area contributed by atoms with Gasteiger partial charge in [-0.3, -0.25) is 9.89 Å². The third-order valence-electron chi connectivity index (χ3n) is 3.27. The lowest BCUT2D eigenvalue weighted by Crippen LogP contribution is -2.28. The number of halogens is 1. The molecule has 118 valence electrons. The number of aromatic nitrogens is 3. The summed E-state index contributed by atoms with van der Waals surface area (Å²) in [6.45, 7) is 4.60. The number of aromatic amines is 1. The first-order valence-electron chi connectivity index (χ1n) is 7.15. The van der Waals surface area contributed by atoms with Crippen molar-refractivity contribution in [3.63, 3.8) is 0 Å². The van der Waals surface area contributed by atoms with Gasteiger partial charge in [-0.25, -0.2) is 0 Å². The van der Waals surface area contributed by atoms with Gasteiger partial charge in [-0.2, -0.15) is 5.10 Å². The highest BCUT2D eigenvalue weighted by atomic mass is 35.5. The fourth-order valence-corrected chi connectivity index (χ4v) is 2.80. The summed E-state index contributed by atoms with van der Waals surface area (Å²) in [4.78, 5) is 12.0. The molecule has 1 heterocycles. The van der Waals surface area contributed by atoms with E-state index in [1.54, 1.807) is 6.07 Å². The fourth-order valence-electron chi connectivity index (χ4n) is 2.24. The number of hydrogen-bond acceptors (Lipinski definition) is 3. The van der Waals surface area contributed by atoms with Gasteiger partial charge in [0.2, 0.25) is 5.91 Å². The number of H-pyrrole nitrogens is 1. The van der Waals surface area contributed by atoms with Crippen LogP contribution in [0.5, 0.6) is 0 Å². The van der Waals surface area contributed by atoms with Gasteiger partial charge >= 0.3 is 0 Å². The van der Waals surface area contributed by atoms with Crippen molar-refractivity contribution in [1.29, 1.82) is 0 Å². The molecule has 0 atom stereocenters. The molecule has 2 rings (SSSR count). The number of carbonyl (C=O) groups is 1. The van der Waals surface area contributed by atoms with Crippen LogP contribution < -0.4 is 5.32 Å². The molecule has 0 saturated heterocycles. The Morgan fingerprint density at radius 3 is 2.86 bits per heavy atom. The van der Waals surface area contributed by atoms with E-state index in [9.17, 15) is 4.79 Å². The minimum absolute atomic E-state index is 0.0571. The van der Waals surface area contributed by atoms with Crippen LogP contribution in [0, 0.1) is 4.77 Å². The topological polar surface area (TPSA) is 62.7 Å². The molecular formula is C15H19ClN4OS. The molecule has 0 fully saturated rings. The van der Waals surface area contributed by atoms with Crippen LogP contribution in [0.2, 0.25) is 5.02 Å². The van der Waals surface area contributed by atoms with Gasteiger partial charge in [0.15, 0.2) is 4.77 Å². The van der Waals surface area contributed by atoms with Crippen LogP contribution in [0.25, 0.3) is 0 Å². The van der Waals surface area contributed by atoms with E-state index in [0.717, 1.165) is 11.4 Å². The summed E-state index contributed by atoms with van der Waals surface area (Å²) in [5, 5.41) is 10.5. The summed E-state index contributed by atoms with van der Waals surface area (Å²) in [7, 11) is 0. The van der Waals surface area contributed by atoms with Crippen LogP contribution >= 0.6 is 23.8 Å². The molecule has 22 heavy (non-hydrogen) atoms. The quantitative estimate of drug-likeness (QED) is 0.796. The third-order valence-corrected chi connectivity index (χ3v) is 3.93. The van der Waals surface area contributed by atoms with E-state index < -0.39 is 0 Å². The monoisotopic (exact) mass is 338 g/mol. The third kappa shape index (κ3) is 4.18. The van der Waals surface area contributed by atoms with Gasteiger partial charge in [-0.15, -0.1) is 0 Å². The van der Waals surface area contributed by atoms with E-state index >= 15 is 0 Å². The SMILES string of the molecule is CC(C)n1c(CCNC(=O)Cc2ccccc2Cl)n[nH]c1=S. The van der Waals surface area contributed by atoms with Crippen LogP contribution in [0.3, 0.4) is 0 Å². The lowest BCUT2D eigenvalue weighted by atomic mass is 10.1. The molecule has 5 nitrogen and oxygen atoms in total. The molecule has 0 bridgehead atoms. The lowest BCUT2D eigenvalue weighted by molar-refractivity contribution is -0.120. The minimum Gasteiger partial charge on any atom is -0.355 e. The molecule has 0 radical (unpaired) electrons. The number of nitrogens with zero attached hydrogens (tertiary/aromatic N) is 2. The number of carbonyl (C=O) groups excluding carboxylic acids is 1. The Hall–Kier alpha value is -1.66. The zero-order chi connectivity index (χ0) is 16.1. The molecule has 2 N–H and O–H groups in total. The summed E-state index contributed by atoms with van der Waals surface area (Å²) in [6.07, 6.45) is 0.899. The molecule has 0 aliphatic rings. The maximum atomic E-state index is 12.0. The Morgan fingerprint density at radius 2 is 2.18 bits per heavy atom. The summed E-state index contributed by atoms with van der Waals surface area (Å²) < 4.78 is 2.56. The summed E-state index contributed by atoms with van der Waals surface area (Å²) in [5.41, 5.74) is 0.825. The number of rotatable bonds is 6. The Balaban J connectivity index is 1.88. The van der Waals surface area contributed by atoms with Crippen molar-refractivity contribution in [3.05, 3.63) is 45.4 Å². The highest BCUT2D eigenvalue weighted by Gasteiger charge is 2.10. The molecule has 0 spiro atoms. The molecule has 1 aromatic heterocycles. The Morgan fingerprint density at radius 1 is 1.45 bits per heavy atom. The Labute approximate surface area is 139 Å². The summed E-state index contributed by atoms with van der Waals surface area (Å²) in [6, 6.07) is 7.59. The maximum Gasteiger partial charge on any atom is 0.224 e. The van der Waals surface area contributed by atoms with Gasteiger partial charge in [0.1, 0.15) is 5.82 Å². The van der Waals surface area contributed by atoms with Gasteiger partial charge in [0.25, 0.3) is 0 Å². The smallest absolute Gasteiger partial charge is 0.224 e. The average molecular weight is 339 g/mol. The highest BCUT2D eigenvalue weighted by Crippen LogP contribution is 2.15. The predicted molar refractivity (Wildman–Crippen MR) is 89.7 cm³/mol. The lowest BCUT2D eigenvalue weighted by Gasteiger charge is -2.11. The molecule has 2 aromatic rings. The van der Waals surface area contributed by atoms with Gasteiger partial charge in [0, 0.05) is 24.0 Å². The van der Waals surface area contributed by atoms with Crippen molar-refractivity contribution in [2.24, 2.45) is 0 Å². The zero-order valence-electron chi connectivity index (χ0n) is 12.6. The number of benzene rings is 1. The molecule has 1 aromatic carbocycles. The molecule has 0 aliphatic carbocycles. The number of hydrogen-bond donors (Lipinski definition) is 2. The first-order chi connectivity index (χ1) is 10.5. The molecular weight excluding hydrogens is 320 g/mol. The van der Waals surface area contributed by atoms with Crippen molar-refractivity contribution in [1.82, 2.24) is 20.1 Å². The van der Waals surface area contributed by atoms with E-state index in [4.69, 9.17) is 23.8 Å². The van der Waals surface area contributed by atoms with E-state index in [1.807, 2.05) is 36.6 Å². The molecule has 0 saturated carbocycles. The van der Waals surface area contributed by atoms with E-state index in [-0.39, 0.29) is 18.4 Å². The predicted octanol–water partition coefficient (Wildman–Crippen LogP) is 3.08. The fraction of sp³-hybridized carbons (Fsp3) is 0.400. The highest BCUT2D eigenvalue weighted by molar-refractivity contribution is 7.71. The van der Waals surface area contributed by atoms with Crippen LogP contribution in [-0.4, -0.2) is 27.2 Å². The second-order valence-corrected chi connectivity index (χ2v) is 6.07. The van der Waals surface area contributed by atoms with Crippen molar-refractivity contribution >= 4 is 29.7 Å². The molecule has 7 heteroatoms. The largest absolute Gasteiger partial charge is 0.355 e. The first kappa shape index (κ1) is 16.7. The maximum absolute atomic E-state index is 12.0. The second-order valence-electron chi connectivity index (χ2n) is 5.28. The minimum atomic E-state index is -0.0571. The van der Waals surface area contributed by atoms with Crippen LogP contribution in [0.4, 0.5) is 0 Å². The van der Waals surface area contributed by atoms with Gasteiger partial charge in [-0.1, -0.05) is 29.8 Å². The standard InChI is InChI=1S/C15H19ClN4OS/c1-10(2)20-13(18-19-15(20)22)7-8-17-14(21)9-11-5-3-4-6-12(11)16/h3-6,10H,7-9H2,1-2H3,(H,17,21)(H,19,22). The van der Waals surface area contributed by atoms with Crippen molar-refractivity contribution in [2.45, 2.75) is 32.7 Å². The average Bonchev–Trinajstić information content (AvgIpc) is 2.82. The first-order valence-corrected chi connectivity index (χ1v) is 7.93. The van der Waals surface area contributed by atoms with Crippen LogP contribution in [0.1, 0.15) is 31.3 Å². The van der Waals surface area contributed by atoms with E-state index in [0.29, 0.717) is 22.8 Å². The molecule has 0 unspecified atom stereocenters. The Kier molecular flexibility index (Phi) is 5.74. The van der Waals surface area contributed by atoms with Crippen LogP contribution in [0.15, 0.2) is 24.3 Å². The summed E-state index contributed by atoms with van der Waals surface area (Å²) >= 11 is 11.2. The van der Waals surface area contributed by atoms with Crippen molar-refractivity contribution in [2.75, 3.05) is 6.54 Å². The van der Waals surface area contributed by atoms with Crippen molar-refractivity contribution in [3.8, 4) is 0 Å². The second kappa shape index (κ2) is 7.56. The van der Waals surface area contributed by atoms with Crippen LogP contribution in [-0.2, 0) is 17.6 Å². The normalized spacial score (nSPS) is 10.9. The summed E-state index contributed by atoms with van der Waals surface area (Å²) in [5.74, 6) is 0.788. The van der Waals surface area contributed by atoms with E-state index in [2.05, 4.69) is 15.5 Å². The van der Waals surface area contributed by atoms with Gasteiger partial charge in [0.05, 0.1) is 6.42 Å². The van der Waals surface area contributed by atoms with Gasteiger partial charge in [-0.05, 0) is 37.7 Å².